The molecule has 2 unspecified atom stereocenters. The van der Waals surface area contributed by atoms with Crippen LogP contribution in [0.5, 0.6) is 0 Å². The Morgan fingerprint density at radius 3 is 2.50 bits per heavy atom. The Hall–Kier alpha value is -0.140. The van der Waals surface area contributed by atoms with Gasteiger partial charge in [-0.3, -0.25) is 4.52 Å². The van der Waals surface area contributed by atoms with Crippen molar-refractivity contribution in [3.63, 3.8) is 0 Å². The summed E-state index contributed by atoms with van der Waals surface area (Å²) in [5.41, 5.74) is 0. The molecule has 2 atom stereocenters. The standard InChI is InChI=1S/C6H11O3P/c1-5-3-2-4-6(5)9-10(7)8/h5-6H,2-4H2,1H3. The second kappa shape index (κ2) is 3.31. The quantitative estimate of drug-likeness (QED) is 0.585. The topological polar surface area (TPSA) is 43.4 Å². The third kappa shape index (κ3) is 1.93. The summed E-state index contributed by atoms with van der Waals surface area (Å²) in [6, 6.07) is 0. The van der Waals surface area contributed by atoms with Gasteiger partial charge in [0.25, 0.3) is 0 Å². The minimum absolute atomic E-state index is 0.0406. The Labute approximate surface area is 60.7 Å². The Morgan fingerprint density at radius 1 is 1.40 bits per heavy atom. The smallest absolute Gasteiger partial charge is 0.268 e. The van der Waals surface area contributed by atoms with Gasteiger partial charge in [-0.05, 0) is 18.8 Å². The Balaban J connectivity index is 2.40. The highest BCUT2D eigenvalue weighted by atomic mass is 31.1. The van der Waals surface area contributed by atoms with E-state index in [1.165, 1.54) is 0 Å². The van der Waals surface area contributed by atoms with E-state index < -0.39 is 7.91 Å². The van der Waals surface area contributed by atoms with Gasteiger partial charge < -0.3 is 0 Å². The van der Waals surface area contributed by atoms with Crippen LogP contribution in [0.3, 0.4) is 0 Å². The first-order valence-corrected chi connectivity index (χ1v) is 4.61. The predicted molar refractivity (Wildman–Crippen MR) is 36.2 cm³/mol. The zero-order valence-electron chi connectivity index (χ0n) is 5.95. The normalized spacial score (nSPS) is 32.5. The van der Waals surface area contributed by atoms with Crippen LogP contribution in [0.15, 0.2) is 0 Å². The first-order valence-electron chi connectivity index (χ1n) is 3.51. The molecule has 1 fully saturated rings. The first-order chi connectivity index (χ1) is 4.70. The van der Waals surface area contributed by atoms with Crippen molar-refractivity contribution in [1.29, 1.82) is 0 Å². The second-order valence-corrected chi connectivity index (χ2v) is 3.43. The molecule has 4 heteroatoms. The van der Waals surface area contributed by atoms with Crippen molar-refractivity contribution in [3.8, 4) is 0 Å². The molecule has 1 rings (SSSR count). The van der Waals surface area contributed by atoms with Crippen molar-refractivity contribution in [1.82, 2.24) is 0 Å². The summed E-state index contributed by atoms with van der Waals surface area (Å²) >= 11 is 0. The van der Waals surface area contributed by atoms with E-state index in [1.54, 1.807) is 0 Å². The fourth-order valence-corrected chi connectivity index (χ4v) is 1.91. The van der Waals surface area contributed by atoms with Gasteiger partial charge in [-0.15, -0.1) is 0 Å². The number of rotatable bonds is 2. The minimum Gasteiger partial charge on any atom is -0.268 e. The van der Waals surface area contributed by atoms with E-state index in [-0.39, 0.29) is 6.10 Å². The molecular formula is C6H11O3P. The molecule has 1 aliphatic rings. The maximum Gasteiger partial charge on any atom is 0.468 e. The largest absolute Gasteiger partial charge is 0.468 e. The molecule has 0 amide bonds. The first kappa shape index (κ1) is 7.96. The molecular weight excluding hydrogens is 151 g/mol. The van der Waals surface area contributed by atoms with Crippen molar-refractivity contribution in [2.24, 2.45) is 5.92 Å². The summed E-state index contributed by atoms with van der Waals surface area (Å²) < 4.78 is 24.9. The van der Waals surface area contributed by atoms with E-state index in [2.05, 4.69) is 4.52 Å². The summed E-state index contributed by atoms with van der Waals surface area (Å²) in [5.74, 6) is 0.410. The average Bonchev–Trinajstić information content (AvgIpc) is 2.15. The molecule has 0 saturated heterocycles. The summed E-state index contributed by atoms with van der Waals surface area (Å²) in [6.45, 7) is 2.02. The van der Waals surface area contributed by atoms with Crippen molar-refractivity contribution in [3.05, 3.63) is 0 Å². The molecule has 10 heavy (non-hydrogen) atoms. The molecule has 0 bridgehead atoms. The van der Waals surface area contributed by atoms with Crippen LogP contribution in [0, 0.1) is 5.92 Å². The van der Waals surface area contributed by atoms with Gasteiger partial charge in [0.1, 0.15) is 0 Å². The summed E-state index contributed by atoms with van der Waals surface area (Å²) in [5, 5.41) is 0. The summed E-state index contributed by atoms with van der Waals surface area (Å²) in [7, 11) is -2.64. The lowest BCUT2D eigenvalue weighted by molar-refractivity contribution is 0.170. The number of hydrogen-bond acceptors (Lipinski definition) is 3. The third-order valence-electron chi connectivity index (χ3n) is 2.00. The molecule has 0 radical (unpaired) electrons. The summed E-state index contributed by atoms with van der Waals surface area (Å²) in [6.07, 6.45) is 3.04. The second-order valence-electron chi connectivity index (χ2n) is 2.78. The van der Waals surface area contributed by atoms with E-state index in [4.69, 9.17) is 0 Å². The van der Waals surface area contributed by atoms with Crippen molar-refractivity contribution < 1.29 is 13.7 Å². The molecule has 0 aromatic carbocycles. The molecule has 0 N–H and O–H groups in total. The zero-order chi connectivity index (χ0) is 7.56. The van der Waals surface area contributed by atoms with Gasteiger partial charge in [-0.1, -0.05) is 13.3 Å². The number of hydrogen-bond donors (Lipinski definition) is 0. The Morgan fingerprint density at radius 2 is 2.10 bits per heavy atom. The molecule has 1 aliphatic carbocycles. The van der Waals surface area contributed by atoms with Crippen LogP contribution in [0.25, 0.3) is 0 Å². The SMILES string of the molecule is CC1CCCC1OP(=O)=O. The monoisotopic (exact) mass is 162 g/mol. The van der Waals surface area contributed by atoms with E-state index in [9.17, 15) is 9.13 Å². The average molecular weight is 162 g/mol. The van der Waals surface area contributed by atoms with Gasteiger partial charge in [0.05, 0.1) is 6.10 Å². The van der Waals surface area contributed by atoms with E-state index in [1.807, 2.05) is 6.92 Å². The van der Waals surface area contributed by atoms with Crippen molar-refractivity contribution in [2.75, 3.05) is 0 Å². The van der Waals surface area contributed by atoms with Crippen LogP contribution in [-0.4, -0.2) is 6.10 Å². The summed E-state index contributed by atoms with van der Waals surface area (Å²) in [4.78, 5) is 0. The molecule has 0 aliphatic heterocycles. The van der Waals surface area contributed by atoms with Gasteiger partial charge in [0, 0.05) is 0 Å². The van der Waals surface area contributed by atoms with Crippen LogP contribution in [0.2, 0.25) is 0 Å². The van der Waals surface area contributed by atoms with Gasteiger partial charge in [-0.2, -0.15) is 0 Å². The highest BCUT2D eigenvalue weighted by Crippen LogP contribution is 2.31. The minimum atomic E-state index is -2.64. The lowest BCUT2D eigenvalue weighted by Crippen LogP contribution is -2.10. The van der Waals surface area contributed by atoms with Gasteiger partial charge in [-0.25, -0.2) is 9.13 Å². The van der Waals surface area contributed by atoms with Gasteiger partial charge in [0.15, 0.2) is 0 Å². The van der Waals surface area contributed by atoms with Crippen LogP contribution in [0.1, 0.15) is 26.2 Å². The fourth-order valence-electron chi connectivity index (χ4n) is 1.38. The molecule has 3 nitrogen and oxygen atoms in total. The molecule has 0 heterocycles. The zero-order valence-corrected chi connectivity index (χ0v) is 6.84. The lowest BCUT2D eigenvalue weighted by Gasteiger charge is -2.09. The molecule has 0 spiro atoms. The maximum atomic E-state index is 10.1. The van der Waals surface area contributed by atoms with Gasteiger partial charge >= 0.3 is 7.91 Å². The van der Waals surface area contributed by atoms with E-state index in [0.717, 1.165) is 19.3 Å². The molecule has 0 aromatic rings. The van der Waals surface area contributed by atoms with Crippen LogP contribution in [0.4, 0.5) is 0 Å². The molecule has 1 saturated carbocycles. The highest BCUT2D eigenvalue weighted by Gasteiger charge is 2.25. The van der Waals surface area contributed by atoms with Crippen molar-refractivity contribution >= 4 is 7.91 Å². The molecule has 58 valence electrons. The van der Waals surface area contributed by atoms with Crippen molar-refractivity contribution in [2.45, 2.75) is 32.3 Å². The van der Waals surface area contributed by atoms with E-state index >= 15 is 0 Å². The molecule has 0 aromatic heterocycles. The van der Waals surface area contributed by atoms with Crippen LogP contribution >= 0.6 is 7.91 Å². The maximum absolute atomic E-state index is 10.1. The lowest BCUT2D eigenvalue weighted by atomic mass is 10.1. The van der Waals surface area contributed by atoms with E-state index in [0.29, 0.717) is 5.92 Å². The highest BCUT2D eigenvalue weighted by molar-refractivity contribution is 7.24. The van der Waals surface area contributed by atoms with Gasteiger partial charge in [0.2, 0.25) is 0 Å². The van der Waals surface area contributed by atoms with Crippen LogP contribution < -0.4 is 0 Å². The fraction of sp³-hybridized carbons (Fsp3) is 1.00. The predicted octanol–water partition coefficient (Wildman–Crippen LogP) is 2.28. The Kier molecular flexibility index (Phi) is 2.64. The Bertz CT molecular complexity index is 168. The third-order valence-corrected chi connectivity index (χ3v) is 2.45. The van der Waals surface area contributed by atoms with Crippen LogP contribution in [-0.2, 0) is 13.7 Å².